The molecule has 4 atom stereocenters. The fourth-order valence-corrected chi connectivity index (χ4v) is 9.73. The summed E-state index contributed by atoms with van der Waals surface area (Å²) in [6, 6.07) is 21.1. The Bertz CT molecular complexity index is 1320. The van der Waals surface area contributed by atoms with Crippen LogP contribution in [0.3, 0.4) is 0 Å². The van der Waals surface area contributed by atoms with Crippen molar-refractivity contribution in [2.45, 2.75) is 51.2 Å². The molecule has 3 aromatic rings. The summed E-state index contributed by atoms with van der Waals surface area (Å²) in [6.45, 7) is 7.41. The van der Waals surface area contributed by atoms with E-state index < -0.39 is 50.0 Å². The number of alkyl halides is 1. The van der Waals surface area contributed by atoms with Crippen molar-refractivity contribution < 1.29 is 23.1 Å². The molecule has 0 bridgehead atoms. The van der Waals surface area contributed by atoms with Gasteiger partial charge in [0.25, 0.3) is 13.9 Å². The van der Waals surface area contributed by atoms with E-state index in [9.17, 15) is 14.4 Å². The Balaban J connectivity index is 1.73. The highest BCUT2D eigenvalue weighted by Crippen LogP contribution is 2.40. The van der Waals surface area contributed by atoms with Crippen LogP contribution in [0, 0.1) is 5.92 Å². The second-order valence-electron chi connectivity index (χ2n) is 10.5. The number of H-pyrrole nitrogens is 1. The lowest BCUT2D eigenvalue weighted by molar-refractivity contribution is -0.143. The Morgan fingerprint density at radius 2 is 1.58 bits per heavy atom. The molecule has 0 aliphatic carbocycles. The van der Waals surface area contributed by atoms with Crippen LogP contribution in [0.1, 0.15) is 33.9 Å². The van der Waals surface area contributed by atoms with Crippen LogP contribution < -0.4 is 21.6 Å². The van der Waals surface area contributed by atoms with E-state index in [1.807, 2.05) is 36.4 Å². The summed E-state index contributed by atoms with van der Waals surface area (Å²) in [5.41, 5.74) is -1.38. The molecule has 0 saturated carbocycles. The third-order valence-electron chi connectivity index (χ3n) is 6.96. The normalized spacial score (nSPS) is 21.8. The number of ether oxygens (including phenoxy) is 2. The first kappa shape index (κ1) is 27.7. The topological polar surface area (TPSA) is 99.6 Å². The quantitative estimate of drug-likeness (QED) is 0.348. The number of nitrogens with one attached hydrogen (secondary N) is 1. The zero-order valence-corrected chi connectivity index (χ0v) is 22.9. The van der Waals surface area contributed by atoms with Gasteiger partial charge in [-0.05, 0) is 15.4 Å². The lowest BCUT2D eigenvalue weighted by Gasteiger charge is -2.43. The van der Waals surface area contributed by atoms with Gasteiger partial charge in [-0.2, -0.15) is 0 Å². The van der Waals surface area contributed by atoms with Crippen LogP contribution in [0.4, 0.5) is 4.39 Å². The minimum absolute atomic E-state index is 0.00817. The first-order valence-corrected chi connectivity index (χ1v) is 14.4. The highest BCUT2D eigenvalue weighted by Gasteiger charge is 2.53. The second kappa shape index (κ2) is 11.2. The summed E-state index contributed by atoms with van der Waals surface area (Å²) >= 11 is 0. The van der Waals surface area contributed by atoms with E-state index in [0.29, 0.717) is 0 Å². The Morgan fingerprint density at radius 1 is 1.00 bits per heavy atom. The van der Waals surface area contributed by atoms with Gasteiger partial charge in [0.2, 0.25) is 0 Å². The zero-order valence-electron chi connectivity index (χ0n) is 21.9. The molecular weight excluding hydrogens is 507 g/mol. The SMILES string of the molecule is CC(=O)OCC1C(CO[Si](c2ccccc2)(c2ccccc2)C(C)(C)C)OC(n2ccc(=O)[nH]c2=O)C1F. The van der Waals surface area contributed by atoms with E-state index in [0.717, 1.165) is 21.0 Å². The molecule has 1 aromatic heterocycles. The number of carbonyl (C=O) groups excluding carboxylic acids is 1. The number of hydrogen-bond acceptors (Lipinski definition) is 6. The van der Waals surface area contributed by atoms with Gasteiger partial charge in [-0.25, -0.2) is 9.18 Å². The Kier molecular flexibility index (Phi) is 8.15. The molecule has 0 radical (unpaired) electrons. The number of esters is 1. The molecule has 1 fully saturated rings. The predicted octanol–water partition coefficient (Wildman–Crippen LogP) is 2.53. The van der Waals surface area contributed by atoms with Crippen LogP contribution in [0.5, 0.6) is 0 Å². The minimum atomic E-state index is -2.96. The first-order valence-electron chi connectivity index (χ1n) is 12.5. The average Bonchev–Trinajstić information content (AvgIpc) is 3.18. The van der Waals surface area contributed by atoms with Crippen LogP contribution in [-0.2, 0) is 18.7 Å². The Labute approximate surface area is 221 Å². The molecular formula is C28H33FN2O6Si. The summed E-state index contributed by atoms with van der Waals surface area (Å²) in [7, 11) is -2.96. The third kappa shape index (κ3) is 5.43. The van der Waals surface area contributed by atoms with Gasteiger partial charge in [-0.3, -0.25) is 19.1 Å². The molecule has 1 aliphatic heterocycles. The van der Waals surface area contributed by atoms with Gasteiger partial charge in [0, 0.05) is 19.2 Å². The van der Waals surface area contributed by atoms with Crippen LogP contribution >= 0.6 is 0 Å². The summed E-state index contributed by atoms with van der Waals surface area (Å²) < 4.78 is 35.0. The lowest BCUT2D eigenvalue weighted by Crippen LogP contribution is -2.67. The number of rotatable bonds is 8. The monoisotopic (exact) mass is 540 g/mol. The number of aromatic nitrogens is 2. The highest BCUT2D eigenvalue weighted by atomic mass is 28.4. The van der Waals surface area contributed by atoms with Crippen molar-refractivity contribution in [1.82, 2.24) is 9.55 Å². The molecule has 2 aromatic carbocycles. The predicted molar refractivity (Wildman–Crippen MR) is 144 cm³/mol. The molecule has 0 spiro atoms. The van der Waals surface area contributed by atoms with E-state index in [4.69, 9.17) is 13.9 Å². The first-order chi connectivity index (χ1) is 18.0. The molecule has 202 valence electrons. The highest BCUT2D eigenvalue weighted by molar-refractivity contribution is 6.99. The van der Waals surface area contributed by atoms with Gasteiger partial charge < -0.3 is 13.9 Å². The van der Waals surface area contributed by atoms with Gasteiger partial charge in [-0.1, -0.05) is 81.4 Å². The molecule has 1 N–H and O–H groups in total. The van der Waals surface area contributed by atoms with Gasteiger partial charge >= 0.3 is 11.7 Å². The van der Waals surface area contributed by atoms with Crippen LogP contribution in [0.25, 0.3) is 0 Å². The van der Waals surface area contributed by atoms with E-state index in [1.165, 1.54) is 13.1 Å². The Morgan fingerprint density at radius 3 is 2.08 bits per heavy atom. The van der Waals surface area contributed by atoms with Crippen molar-refractivity contribution in [3.8, 4) is 0 Å². The van der Waals surface area contributed by atoms with E-state index in [-0.39, 0.29) is 18.3 Å². The van der Waals surface area contributed by atoms with Crippen molar-refractivity contribution in [2.75, 3.05) is 13.2 Å². The Hall–Kier alpha value is -3.34. The summed E-state index contributed by atoms with van der Waals surface area (Å²) in [5, 5.41) is 1.79. The maximum Gasteiger partial charge on any atom is 0.330 e. The minimum Gasteiger partial charge on any atom is -0.465 e. The number of nitrogens with zero attached hydrogens (tertiary/aromatic N) is 1. The number of hydrogen-bond donors (Lipinski definition) is 1. The van der Waals surface area contributed by atoms with E-state index >= 15 is 4.39 Å². The van der Waals surface area contributed by atoms with Crippen LogP contribution in [0.15, 0.2) is 82.5 Å². The third-order valence-corrected chi connectivity index (χ3v) is 12.0. The summed E-state index contributed by atoms with van der Waals surface area (Å²) in [5.74, 6) is -1.44. The second-order valence-corrected chi connectivity index (χ2v) is 14.8. The molecule has 0 amide bonds. The molecule has 1 saturated heterocycles. The fourth-order valence-electron chi connectivity index (χ4n) is 5.16. The number of benzene rings is 2. The number of halogens is 1. The average molecular weight is 541 g/mol. The standard InChI is InChI=1S/C28H33FN2O6Si/c1-19(32)35-17-22-23(37-26(25(22)29)31-16-15-24(33)30-27(31)34)18-36-38(28(2,3)4,20-11-7-5-8-12-20)21-13-9-6-10-14-21/h5-16,22-23,25-26H,17-18H2,1-4H3,(H,30,33,34). The van der Waals surface area contributed by atoms with Crippen molar-refractivity contribution >= 4 is 24.7 Å². The largest absolute Gasteiger partial charge is 0.465 e. The van der Waals surface area contributed by atoms with Gasteiger partial charge in [-0.15, -0.1) is 0 Å². The van der Waals surface area contributed by atoms with Gasteiger partial charge in [0.05, 0.1) is 25.2 Å². The lowest BCUT2D eigenvalue weighted by atomic mass is 10.0. The van der Waals surface area contributed by atoms with Crippen molar-refractivity contribution in [3.05, 3.63) is 93.8 Å². The van der Waals surface area contributed by atoms with Crippen LogP contribution in [-0.4, -0.2) is 49.3 Å². The fraction of sp³-hybridized carbons (Fsp3) is 0.393. The molecule has 38 heavy (non-hydrogen) atoms. The van der Waals surface area contributed by atoms with Crippen molar-refractivity contribution in [3.63, 3.8) is 0 Å². The van der Waals surface area contributed by atoms with Gasteiger partial charge in [0.1, 0.15) is 0 Å². The van der Waals surface area contributed by atoms with Gasteiger partial charge in [0.15, 0.2) is 12.4 Å². The maximum absolute atomic E-state index is 15.8. The molecule has 8 nitrogen and oxygen atoms in total. The molecule has 4 unspecified atom stereocenters. The number of aromatic amines is 1. The summed E-state index contributed by atoms with van der Waals surface area (Å²) in [6.07, 6.45) is -2.62. The van der Waals surface area contributed by atoms with Crippen LogP contribution in [0.2, 0.25) is 5.04 Å². The molecule has 4 rings (SSSR count). The summed E-state index contributed by atoms with van der Waals surface area (Å²) in [4.78, 5) is 37.7. The molecule has 2 heterocycles. The smallest absolute Gasteiger partial charge is 0.330 e. The molecule has 10 heteroatoms. The van der Waals surface area contributed by atoms with E-state index in [2.05, 4.69) is 50.0 Å². The maximum atomic E-state index is 15.8. The van der Waals surface area contributed by atoms with Crippen molar-refractivity contribution in [1.29, 1.82) is 0 Å². The number of carbonyl (C=O) groups is 1. The molecule has 1 aliphatic rings. The van der Waals surface area contributed by atoms with E-state index in [1.54, 1.807) is 0 Å². The zero-order chi connectivity index (χ0) is 27.5. The van der Waals surface area contributed by atoms with Crippen molar-refractivity contribution in [2.24, 2.45) is 5.92 Å².